The molecule has 3 nitrogen and oxygen atoms in total. The molecule has 0 radical (unpaired) electrons. The number of rotatable bonds is 5. The number of carbonyl (C=O) groups excluding carboxylic acids is 1. The number of ether oxygens (including phenoxy) is 1. The van der Waals surface area contributed by atoms with Crippen molar-refractivity contribution in [1.29, 1.82) is 0 Å². The van der Waals surface area contributed by atoms with E-state index in [9.17, 15) is 9.00 Å². The third kappa shape index (κ3) is 3.42. The van der Waals surface area contributed by atoms with Crippen molar-refractivity contribution < 1.29 is 13.7 Å². The third-order valence-corrected chi connectivity index (χ3v) is 4.65. The Morgan fingerprint density at radius 2 is 1.94 bits per heavy atom. The zero-order chi connectivity index (χ0) is 13.7. The summed E-state index contributed by atoms with van der Waals surface area (Å²) in [4.78, 5) is 12.4. The average Bonchev–Trinajstić information content (AvgIpc) is 2.33. The molecule has 0 amide bonds. The number of benzene rings is 1. The predicted molar refractivity (Wildman–Crippen MR) is 73.0 cm³/mol. The van der Waals surface area contributed by atoms with E-state index in [4.69, 9.17) is 4.74 Å². The van der Waals surface area contributed by atoms with E-state index in [2.05, 4.69) is 0 Å². The van der Waals surface area contributed by atoms with Crippen LogP contribution in [0.1, 0.15) is 31.4 Å². The molecular formula is C14H20O3S. The summed E-state index contributed by atoms with van der Waals surface area (Å²) in [6.45, 7) is 7.90. The highest BCUT2D eigenvalue weighted by Gasteiger charge is 2.25. The van der Waals surface area contributed by atoms with Gasteiger partial charge in [0.1, 0.15) is 5.25 Å². The Bertz CT molecular complexity index is 454. The fourth-order valence-electron chi connectivity index (χ4n) is 1.64. The van der Waals surface area contributed by atoms with Gasteiger partial charge in [0.25, 0.3) is 0 Å². The molecule has 0 aliphatic rings. The van der Waals surface area contributed by atoms with Crippen LogP contribution in [-0.4, -0.2) is 22.0 Å². The van der Waals surface area contributed by atoms with Crippen molar-refractivity contribution in [2.75, 3.05) is 6.61 Å². The Labute approximate surface area is 111 Å². The van der Waals surface area contributed by atoms with E-state index in [1.165, 1.54) is 0 Å². The minimum Gasteiger partial charge on any atom is -0.465 e. The molecule has 0 aliphatic carbocycles. The lowest BCUT2D eigenvalue weighted by Gasteiger charge is -2.14. The number of carbonyl (C=O) groups is 1. The van der Waals surface area contributed by atoms with Crippen LogP contribution in [0.4, 0.5) is 0 Å². The molecule has 0 spiro atoms. The Kier molecular flexibility index (Phi) is 5.54. The summed E-state index contributed by atoms with van der Waals surface area (Å²) in [5.41, 5.74) is 2.24. The van der Waals surface area contributed by atoms with Gasteiger partial charge in [-0.25, -0.2) is 0 Å². The van der Waals surface area contributed by atoms with Crippen LogP contribution in [0.15, 0.2) is 23.1 Å². The maximum Gasteiger partial charge on any atom is 0.322 e. The van der Waals surface area contributed by atoms with Gasteiger partial charge in [0, 0.05) is 4.90 Å². The lowest BCUT2D eigenvalue weighted by Crippen LogP contribution is -2.27. The molecule has 2 atom stereocenters. The summed E-state index contributed by atoms with van der Waals surface area (Å²) < 4.78 is 17.3. The van der Waals surface area contributed by atoms with Gasteiger partial charge in [-0.1, -0.05) is 13.0 Å². The van der Waals surface area contributed by atoms with E-state index >= 15 is 0 Å². The molecule has 0 fully saturated rings. The lowest BCUT2D eigenvalue weighted by molar-refractivity contribution is -0.142. The molecule has 18 heavy (non-hydrogen) atoms. The van der Waals surface area contributed by atoms with Crippen molar-refractivity contribution in [2.45, 2.75) is 44.3 Å². The van der Waals surface area contributed by atoms with Gasteiger partial charge in [-0.3, -0.25) is 9.00 Å². The molecule has 0 aliphatic heterocycles. The molecule has 1 aromatic carbocycles. The molecular weight excluding hydrogens is 248 g/mol. The zero-order valence-corrected chi connectivity index (χ0v) is 12.2. The third-order valence-electron chi connectivity index (χ3n) is 2.89. The molecule has 2 unspecified atom stereocenters. The van der Waals surface area contributed by atoms with Crippen LogP contribution in [0.3, 0.4) is 0 Å². The van der Waals surface area contributed by atoms with E-state index in [0.717, 1.165) is 11.1 Å². The van der Waals surface area contributed by atoms with Crippen molar-refractivity contribution in [3.05, 3.63) is 29.3 Å². The zero-order valence-electron chi connectivity index (χ0n) is 11.4. The first-order chi connectivity index (χ1) is 8.51. The Morgan fingerprint density at radius 1 is 1.28 bits per heavy atom. The molecule has 0 N–H and O–H groups in total. The highest BCUT2D eigenvalue weighted by molar-refractivity contribution is 7.86. The van der Waals surface area contributed by atoms with Gasteiger partial charge >= 0.3 is 5.97 Å². The second-order valence-corrected chi connectivity index (χ2v) is 5.83. The monoisotopic (exact) mass is 268 g/mol. The van der Waals surface area contributed by atoms with Crippen LogP contribution < -0.4 is 0 Å². The number of aryl methyl sites for hydroxylation is 2. The number of hydrogen-bond acceptors (Lipinski definition) is 3. The number of hydrogen-bond donors (Lipinski definition) is 0. The molecule has 100 valence electrons. The van der Waals surface area contributed by atoms with E-state index in [-0.39, 0.29) is 5.97 Å². The van der Waals surface area contributed by atoms with Gasteiger partial charge in [0.2, 0.25) is 0 Å². The van der Waals surface area contributed by atoms with E-state index in [0.29, 0.717) is 17.9 Å². The SMILES string of the molecule is CCOC(=O)C(CC)S(=O)c1ccc(C)c(C)c1. The topological polar surface area (TPSA) is 43.4 Å². The van der Waals surface area contributed by atoms with Gasteiger partial charge in [-0.2, -0.15) is 0 Å². The van der Waals surface area contributed by atoms with Crippen LogP contribution in [0.25, 0.3) is 0 Å². The second-order valence-electron chi connectivity index (χ2n) is 4.19. The van der Waals surface area contributed by atoms with E-state index in [1.54, 1.807) is 6.92 Å². The molecule has 0 saturated carbocycles. The van der Waals surface area contributed by atoms with Crippen LogP contribution in [-0.2, 0) is 20.3 Å². The van der Waals surface area contributed by atoms with Gasteiger partial charge in [0.05, 0.1) is 17.4 Å². The minimum atomic E-state index is -1.35. The van der Waals surface area contributed by atoms with Gasteiger partial charge in [0.15, 0.2) is 0 Å². The second kappa shape index (κ2) is 6.69. The van der Waals surface area contributed by atoms with Crippen molar-refractivity contribution in [3.63, 3.8) is 0 Å². The Balaban J connectivity index is 2.96. The van der Waals surface area contributed by atoms with E-state index < -0.39 is 16.0 Å². The highest BCUT2D eigenvalue weighted by atomic mass is 32.2. The molecule has 1 aromatic rings. The highest BCUT2D eigenvalue weighted by Crippen LogP contribution is 2.18. The summed E-state index contributed by atoms with van der Waals surface area (Å²) in [6, 6.07) is 5.63. The molecule has 0 saturated heterocycles. The van der Waals surface area contributed by atoms with Crippen LogP contribution in [0.5, 0.6) is 0 Å². The van der Waals surface area contributed by atoms with Crippen molar-refractivity contribution >= 4 is 16.8 Å². The fourth-order valence-corrected chi connectivity index (χ4v) is 3.01. The van der Waals surface area contributed by atoms with Gasteiger partial charge in [-0.05, 0) is 50.5 Å². The fraction of sp³-hybridized carbons (Fsp3) is 0.500. The first kappa shape index (κ1) is 14.9. The molecule has 0 heterocycles. The van der Waals surface area contributed by atoms with Crippen LogP contribution >= 0.6 is 0 Å². The maximum atomic E-state index is 12.4. The summed E-state index contributed by atoms with van der Waals surface area (Å²) in [5, 5.41) is -0.577. The van der Waals surface area contributed by atoms with Gasteiger partial charge < -0.3 is 4.74 Å². The van der Waals surface area contributed by atoms with E-state index in [1.807, 2.05) is 39.0 Å². The van der Waals surface area contributed by atoms with Crippen LogP contribution in [0.2, 0.25) is 0 Å². The first-order valence-electron chi connectivity index (χ1n) is 6.15. The van der Waals surface area contributed by atoms with Crippen LogP contribution in [0, 0.1) is 13.8 Å². The summed E-state index contributed by atoms with van der Waals surface area (Å²) in [7, 11) is -1.35. The summed E-state index contributed by atoms with van der Waals surface area (Å²) in [5.74, 6) is -0.378. The first-order valence-corrected chi connectivity index (χ1v) is 7.37. The predicted octanol–water partition coefficient (Wildman–Crippen LogP) is 2.75. The molecule has 1 rings (SSSR count). The molecule has 0 bridgehead atoms. The Hall–Kier alpha value is -1.16. The number of esters is 1. The largest absolute Gasteiger partial charge is 0.465 e. The maximum absolute atomic E-state index is 12.4. The molecule has 0 aromatic heterocycles. The average molecular weight is 268 g/mol. The normalized spacial score (nSPS) is 14.0. The van der Waals surface area contributed by atoms with Gasteiger partial charge in [-0.15, -0.1) is 0 Å². The quantitative estimate of drug-likeness (QED) is 0.771. The molecule has 4 heteroatoms. The van der Waals surface area contributed by atoms with Crippen molar-refractivity contribution in [3.8, 4) is 0 Å². The van der Waals surface area contributed by atoms with Crippen molar-refractivity contribution in [2.24, 2.45) is 0 Å². The lowest BCUT2D eigenvalue weighted by atomic mass is 10.1. The smallest absolute Gasteiger partial charge is 0.322 e. The summed E-state index contributed by atoms with van der Waals surface area (Å²) >= 11 is 0. The van der Waals surface area contributed by atoms with Crippen molar-refractivity contribution in [1.82, 2.24) is 0 Å². The minimum absolute atomic E-state index is 0.319. The summed E-state index contributed by atoms with van der Waals surface area (Å²) in [6.07, 6.45) is 0.512. The Morgan fingerprint density at radius 3 is 2.44 bits per heavy atom. The standard InChI is InChI=1S/C14H20O3S/c1-5-13(14(15)17-6-2)18(16)12-8-7-10(3)11(4)9-12/h7-9,13H,5-6H2,1-4H3.